The van der Waals surface area contributed by atoms with E-state index < -0.39 is 10.0 Å². The largest absolute Gasteiger partial charge is 0.371 e. The van der Waals surface area contributed by atoms with Crippen molar-refractivity contribution in [1.82, 2.24) is 13.7 Å². The molecule has 2 fully saturated rings. The van der Waals surface area contributed by atoms with Crippen molar-refractivity contribution >= 4 is 21.5 Å². The van der Waals surface area contributed by atoms with Crippen LogP contribution in [0.1, 0.15) is 19.3 Å². The van der Waals surface area contributed by atoms with Crippen molar-refractivity contribution in [3.63, 3.8) is 0 Å². The molecule has 1 aliphatic heterocycles. The fourth-order valence-corrected chi connectivity index (χ4v) is 5.68. The van der Waals surface area contributed by atoms with E-state index in [1.807, 2.05) is 18.2 Å². The van der Waals surface area contributed by atoms with Gasteiger partial charge >= 0.3 is 0 Å². The lowest BCUT2D eigenvalue weighted by molar-refractivity contribution is 0.332. The molecular weight excluding hydrogens is 288 g/mol. The van der Waals surface area contributed by atoms with Crippen LogP contribution in [0.25, 0.3) is 5.65 Å². The molecule has 2 atom stereocenters. The van der Waals surface area contributed by atoms with Crippen LogP contribution in [0.15, 0.2) is 29.4 Å². The third-order valence-corrected chi connectivity index (χ3v) is 6.58. The van der Waals surface area contributed by atoms with E-state index in [1.165, 1.54) is 0 Å². The maximum absolute atomic E-state index is 13.1. The lowest BCUT2D eigenvalue weighted by Crippen LogP contribution is -2.38. The average Bonchev–Trinajstić information content (AvgIpc) is 3.19. The summed E-state index contributed by atoms with van der Waals surface area (Å²) in [5, 5.41) is 3.18. The van der Waals surface area contributed by atoms with Crippen molar-refractivity contribution in [3.05, 3.63) is 24.4 Å². The summed E-state index contributed by atoms with van der Waals surface area (Å²) in [5.41, 5.74) is 0.643. The zero-order chi connectivity index (χ0) is 14.6. The molecule has 2 unspecified atom stereocenters. The standard InChI is InChI=1S/C14H18N4O2S/c1-15-13-14(17-7-3-2-4-12(17)16-13)21(19,20)18-9-10-5-6-11(18)8-10/h2-4,7,10-11,15H,5-6,8-9H2,1H3. The van der Waals surface area contributed by atoms with Gasteiger partial charge in [0, 0.05) is 25.8 Å². The Balaban J connectivity index is 1.89. The van der Waals surface area contributed by atoms with Gasteiger partial charge in [-0.2, -0.15) is 4.31 Å². The van der Waals surface area contributed by atoms with Gasteiger partial charge in [-0.25, -0.2) is 13.4 Å². The summed E-state index contributed by atoms with van der Waals surface area (Å²) in [6, 6.07) is 5.66. The molecule has 1 saturated carbocycles. The van der Waals surface area contributed by atoms with Crippen LogP contribution < -0.4 is 5.32 Å². The van der Waals surface area contributed by atoms with Crippen LogP contribution in [-0.2, 0) is 10.0 Å². The summed E-state index contributed by atoms with van der Waals surface area (Å²) in [4.78, 5) is 4.38. The fraction of sp³-hybridized carbons (Fsp3) is 0.500. The third kappa shape index (κ3) is 1.80. The van der Waals surface area contributed by atoms with Gasteiger partial charge < -0.3 is 5.32 Å². The molecule has 6 nitrogen and oxygen atoms in total. The van der Waals surface area contributed by atoms with Gasteiger partial charge in [0.05, 0.1) is 0 Å². The normalized spacial score (nSPS) is 25.8. The minimum absolute atomic E-state index is 0.166. The quantitative estimate of drug-likeness (QED) is 0.934. The topological polar surface area (TPSA) is 66.7 Å². The first-order valence-electron chi connectivity index (χ1n) is 7.28. The summed E-state index contributed by atoms with van der Waals surface area (Å²) in [6.45, 7) is 0.649. The third-order valence-electron chi connectivity index (χ3n) is 4.63. The Kier molecular flexibility index (Phi) is 2.77. The van der Waals surface area contributed by atoms with Gasteiger partial charge in [-0.1, -0.05) is 6.07 Å². The smallest absolute Gasteiger partial charge is 0.263 e. The summed E-state index contributed by atoms with van der Waals surface area (Å²) in [7, 11) is -1.82. The van der Waals surface area contributed by atoms with Crippen molar-refractivity contribution in [2.45, 2.75) is 30.3 Å². The van der Waals surface area contributed by atoms with Gasteiger partial charge in [-0.3, -0.25) is 4.40 Å². The zero-order valence-electron chi connectivity index (χ0n) is 11.9. The first-order valence-corrected chi connectivity index (χ1v) is 8.72. The number of hydrogen-bond acceptors (Lipinski definition) is 4. The molecule has 1 aliphatic carbocycles. The molecule has 1 saturated heterocycles. The summed E-state index contributed by atoms with van der Waals surface area (Å²) in [6.07, 6.45) is 4.90. The van der Waals surface area contributed by atoms with Crippen LogP contribution in [0.4, 0.5) is 5.82 Å². The van der Waals surface area contributed by atoms with Gasteiger partial charge in [-0.15, -0.1) is 0 Å². The molecule has 2 aromatic heterocycles. The van der Waals surface area contributed by atoms with Crippen LogP contribution in [-0.4, -0.2) is 41.7 Å². The molecule has 3 heterocycles. The highest BCUT2D eigenvalue weighted by Gasteiger charge is 2.46. The van der Waals surface area contributed by atoms with Crippen molar-refractivity contribution < 1.29 is 8.42 Å². The fourth-order valence-electron chi connectivity index (χ4n) is 3.67. The monoisotopic (exact) mass is 306 g/mol. The van der Waals surface area contributed by atoms with E-state index in [1.54, 1.807) is 22.0 Å². The molecule has 0 spiro atoms. The number of nitrogens with one attached hydrogen (secondary N) is 1. The summed E-state index contributed by atoms with van der Waals surface area (Å²) >= 11 is 0. The summed E-state index contributed by atoms with van der Waals surface area (Å²) < 4.78 is 29.5. The Morgan fingerprint density at radius 1 is 1.33 bits per heavy atom. The molecule has 112 valence electrons. The van der Waals surface area contributed by atoms with E-state index in [4.69, 9.17) is 0 Å². The number of sulfonamides is 1. The molecule has 2 bridgehead atoms. The van der Waals surface area contributed by atoms with Crippen molar-refractivity contribution in [3.8, 4) is 0 Å². The Bertz CT molecular complexity index is 798. The van der Waals surface area contributed by atoms with Gasteiger partial charge in [0.1, 0.15) is 5.65 Å². The van der Waals surface area contributed by atoms with Gasteiger partial charge in [0.25, 0.3) is 10.0 Å². The molecule has 0 radical (unpaired) electrons. The average molecular weight is 306 g/mol. The lowest BCUT2D eigenvalue weighted by Gasteiger charge is -2.26. The second-order valence-electron chi connectivity index (χ2n) is 5.85. The highest BCUT2D eigenvalue weighted by atomic mass is 32.2. The number of piperidine rings is 1. The van der Waals surface area contributed by atoms with E-state index in [2.05, 4.69) is 10.3 Å². The molecule has 7 heteroatoms. The molecule has 0 amide bonds. The number of pyridine rings is 1. The number of aromatic nitrogens is 2. The SMILES string of the molecule is CNc1nc2ccccn2c1S(=O)(=O)N1CC2CCC1C2. The number of rotatable bonds is 3. The Morgan fingerprint density at radius 3 is 2.86 bits per heavy atom. The molecule has 0 aromatic carbocycles. The molecule has 21 heavy (non-hydrogen) atoms. The number of nitrogens with zero attached hydrogens (tertiary/aromatic N) is 3. The molecule has 1 N–H and O–H groups in total. The van der Waals surface area contributed by atoms with E-state index in [9.17, 15) is 8.42 Å². The molecule has 2 aliphatic rings. The second kappa shape index (κ2) is 4.45. The maximum atomic E-state index is 13.1. The van der Waals surface area contributed by atoms with Crippen LogP contribution >= 0.6 is 0 Å². The predicted octanol–water partition coefficient (Wildman–Crippen LogP) is 1.55. The van der Waals surface area contributed by atoms with Crippen LogP contribution in [0.5, 0.6) is 0 Å². The van der Waals surface area contributed by atoms with Crippen molar-refractivity contribution in [2.75, 3.05) is 18.9 Å². The highest BCUT2D eigenvalue weighted by molar-refractivity contribution is 7.89. The van der Waals surface area contributed by atoms with Crippen LogP contribution in [0.3, 0.4) is 0 Å². The Labute approximate surface area is 123 Å². The van der Waals surface area contributed by atoms with Crippen molar-refractivity contribution in [1.29, 1.82) is 0 Å². The Hall–Kier alpha value is -1.60. The number of fused-ring (bicyclic) bond motifs is 3. The van der Waals surface area contributed by atoms with Crippen LogP contribution in [0, 0.1) is 5.92 Å². The first kappa shape index (κ1) is 13.1. The summed E-state index contributed by atoms with van der Waals surface area (Å²) in [5.74, 6) is 0.950. The number of hydrogen-bond donors (Lipinski definition) is 1. The van der Waals surface area contributed by atoms with Crippen LogP contribution in [0.2, 0.25) is 0 Å². The molecule has 2 aromatic rings. The van der Waals surface area contributed by atoms with E-state index in [-0.39, 0.29) is 11.1 Å². The Morgan fingerprint density at radius 2 is 2.19 bits per heavy atom. The maximum Gasteiger partial charge on any atom is 0.263 e. The van der Waals surface area contributed by atoms with E-state index in [0.29, 0.717) is 23.9 Å². The first-order chi connectivity index (χ1) is 10.1. The predicted molar refractivity (Wildman–Crippen MR) is 79.8 cm³/mol. The number of imidazole rings is 1. The second-order valence-corrected chi connectivity index (χ2v) is 7.66. The molecular formula is C14H18N4O2S. The van der Waals surface area contributed by atoms with Gasteiger partial charge in [0.15, 0.2) is 10.8 Å². The van der Waals surface area contributed by atoms with Gasteiger partial charge in [-0.05, 0) is 37.3 Å². The van der Waals surface area contributed by atoms with Crippen molar-refractivity contribution in [2.24, 2.45) is 5.92 Å². The minimum atomic E-state index is -3.52. The minimum Gasteiger partial charge on any atom is -0.371 e. The number of anilines is 1. The molecule has 4 rings (SSSR count). The van der Waals surface area contributed by atoms with E-state index in [0.717, 1.165) is 19.3 Å². The van der Waals surface area contributed by atoms with E-state index >= 15 is 0 Å². The highest BCUT2D eigenvalue weighted by Crippen LogP contribution is 2.41. The lowest BCUT2D eigenvalue weighted by atomic mass is 10.1. The zero-order valence-corrected chi connectivity index (χ0v) is 12.7. The van der Waals surface area contributed by atoms with Gasteiger partial charge in [0.2, 0.25) is 0 Å².